The summed E-state index contributed by atoms with van der Waals surface area (Å²) in [4.78, 5) is 15.5. The lowest BCUT2D eigenvalue weighted by molar-refractivity contribution is 0.0127. The molecule has 0 bridgehead atoms. The molecule has 154 valence electrons. The maximum absolute atomic E-state index is 10.5. The molecule has 1 aromatic carbocycles. The molecule has 1 aliphatic carbocycles. The number of aryl methyl sites for hydroxylation is 1. The highest BCUT2D eigenvalue weighted by Crippen LogP contribution is 2.39. The Bertz CT molecular complexity index is 949. The highest BCUT2D eigenvalue weighted by atomic mass is 16.3. The number of H-pyrrole nitrogens is 1. The number of hydrogen-bond donors (Lipinski definition) is 3. The molecule has 29 heavy (non-hydrogen) atoms. The van der Waals surface area contributed by atoms with Crippen LogP contribution in [0.2, 0.25) is 0 Å². The average molecular weight is 394 g/mol. The van der Waals surface area contributed by atoms with Crippen molar-refractivity contribution in [1.82, 2.24) is 19.9 Å². The SMILES string of the molecule is CC(O)(CN)CCN(Cc1nc2ccccc2[nH]1)C1(C)CCCc2cccnc21. The summed E-state index contributed by atoms with van der Waals surface area (Å²) in [6.07, 6.45) is 5.71. The maximum Gasteiger partial charge on any atom is 0.121 e. The molecule has 0 saturated heterocycles. The van der Waals surface area contributed by atoms with Gasteiger partial charge in [0.15, 0.2) is 0 Å². The van der Waals surface area contributed by atoms with Gasteiger partial charge in [-0.05, 0) is 63.3 Å². The molecule has 4 N–H and O–H groups in total. The lowest BCUT2D eigenvalue weighted by Gasteiger charge is -2.44. The second kappa shape index (κ2) is 7.86. The summed E-state index contributed by atoms with van der Waals surface area (Å²) >= 11 is 0. The van der Waals surface area contributed by atoms with Gasteiger partial charge in [-0.3, -0.25) is 9.88 Å². The van der Waals surface area contributed by atoms with E-state index in [0.717, 1.165) is 41.8 Å². The molecular weight excluding hydrogens is 362 g/mol. The minimum Gasteiger partial charge on any atom is -0.389 e. The summed E-state index contributed by atoms with van der Waals surface area (Å²) in [6, 6.07) is 12.3. The number of nitrogens with one attached hydrogen (secondary N) is 1. The Hall–Kier alpha value is -2.28. The van der Waals surface area contributed by atoms with Gasteiger partial charge in [-0.15, -0.1) is 0 Å². The molecule has 0 fully saturated rings. The second-order valence-electron chi connectivity index (χ2n) is 8.71. The molecule has 4 rings (SSSR count). The zero-order chi connectivity index (χ0) is 20.5. The van der Waals surface area contributed by atoms with Gasteiger partial charge < -0.3 is 15.8 Å². The van der Waals surface area contributed by atoms with Crippen molar-refractivity contribution in [2.45, 2.75) is 57.2 Å². The third kappa shape index (κ3) is 4.06. The van der Waals surface area contributed by atoms with E-state index in [0.29, 0.717) is 19.5 Å². The van der Waals surface area contributed by atoms with E-state index in [1.165, 1.54) is 5.56 Å². The molecule has 6 nitrogen and oxygen atoms in total. The van der Waals surface area contributed by atoms with Crippen molar-refractivity contribution in [3.8, 4) is 0 Å². The zero-order valence-corrected chi connectivity index (χ0v) is 17.4. The fourth-order valence-electron chi connectivity index (χ4n) is 4.41. The fraction of sp³-hybridized carbons (Fsp3) is 0.478. The minimum atomic E-state index is -0.885. The number of imidazole rings is 1. The second-order valence-corrected chi connectivity index (χ2v) is 8.71. The van der Waals surface area contributed by atoms with Gasteiger partial charge in [0.1, 0.15) is 5.82 Å². The molecule has 2 atom stereocenters. The first kappa shape index (κ1) is 20.0. The van der Waals surface area contributed by atoms with Crippen molar-refractivity contribution in [1.29, 1.82) is 0 Å². The van der Waals surface area contributed by atoms with E-state index < -0.39 is 5.60 Å². The van der Waals surface area contributed by atoms with E-state index in [-0.39, 0.29) is 12.1 Å². The number of fused-ring (bicyclic) bond motifs is 2. The third-order valence-electron chi connectivity index (χ3n) is 6.35. The van der Waals surface area contributed by atoms with Crippen LogP contribution in [0, 0.1) is 0 Å². The Labute approximate surface area is 172 Å². The Morgan fingerprint density at radius 2 is 2.10 bits per heavy atom. The number of nitrogens with zero attached hydrogens (tertiary/aromatic N) is 3. The summed E-state index contributed by atoms with van der Waals surface area (Å²) < 4.78 is 0. The molecule has 6 heteroatoms. The van der Waals surface area contributed by atoms with Gasteiger partial charge in [0, 0.05) is 19.3 Å². The number of aromatic amines is 1. The van der Waals surface area contributed by atoms with Crippen molar-refractivity contribution in [2.24, 2.45) is 5.73 Å². The number of para-hydroxylation sites is 2. The van der Waals surface area contributed by atoms with Gasteiger partial charge in [-0.25, -0.2) is 4.98 Å². The number of nitrogens with two attached hydrogens (primary N) is 1. The topological polar surface area (TPSA) is 91.1 Å². The zero-order valence-electron chi connectivity index (χ0n) is 17.4. The van der Waals surface area contributed by atoms with Gasteiger partial charge in [0.2, 0.25) is 0 Å². The Morgan fingerprint density at radius 3 is 2.90 bits per heavy atom. The average Bonchev–Trinajstić information content (AvgIpc) is 3.14. The summed E-state index contributed by atoms with van der Waals surface area (Å²) in [5, 5.41) is 10.5. The number of hydrogen-bond acceptors (Lipinski definition) is 5. The van der Waals surface area contributed by atoms with Crippen LogP contribution >= 0.6 is 0 Å². The van der Waals surface area contributed by atoms with Crippen LogP contribution in [0.3, 0.4) is 0 Å². The number of pyridine rings is 1. The standard InChI is InChI=1S/C23H31N5O/c1-22(29,16-24)12-14-28(15-20-26-18-9-3-4-10-19(18)27-20)23(2)11-5-7-17-8-6-13-25-21(17)23/h3-4,6,8-10,13,29H,5,7,11-12,14-16,24H2,1-2H3,(H,26,27). The Morgan fingerprint density at radius 1 is 1.28 bits per heavy atom. The molecule has 0 radical (unpaired) electrons. The molecule has 0 amide bonds. The molecule has 0 saturated carbocycles. The van der Waals surface area contributed by atoms with Gasteiger partial charge in [-0.2, -0.15) is 0 Å². The quantitative estimate of drug-likeness (QED) is 0.574. The summed E-state index contributed by atoms with van der Waals surface area (Å²) in [5.41, 5.74) is 9.18. The highest BCUT2D eigenvalue weighted by molar-refractivity contribution is 5.74. The fourth-order valence-corrected chi connectivity index (χ4v) is 4.41. The minimum absolute atomic E-state index is 0.210. The smallest absolute Gasteiger partial charge is 0.121 e. The first-order valence-corrected chi connectivity index (χ1v) is 10.5. The summed E-state index contributed by atoms with van der Waals surface area (Å²) in [5.74, 6) is 0.933. The van der Waals surface area contributed by atoms with Crippen LogP contribution in [0.15, 0.2) is 42.6 Å². The van der Waals surface area contributed by atoms with Crippen molar-refractivity contribution >= 4 is 11.0 Å². The van der Waals surface area contributed by atoms with Crippen molar-refractivity contribution in [3.05, 3.63) is 59.7 Å². The van der Waals surface area contributed by atoms with E-state index in [4.69, 9.17) is 15.7 Å². The van der Waals surface area contributed by atoms with Crippen LogP contribution in [0.25, 0.3) is 11.0 Å². The van der Waals surface area contributed by atoms with Gasteiger partial charge in [0.05, 0.1) is 34.4 Å². The Kier molecular flexibility index (Phi) is 5.42. The van der Waals surface area contributed by atoms with Crippen LogP contribution in [-0.4, -0.2) is 43.6 Å². The monoisotopic (exact) mass is 393 g/mol. The number of rotatable bonds is 7. The molecule has 2 aromatic heterocycles. The summed E-state index contributed by atoms with van der Waals surface area (Å²) in [7, 11) is 0. The Balaban J connectivity index is 1.68. The van der Waals surface area contributed by atoms with Crippen molar-refractivity contribution in [3.63, 3.8) is 0 Å². The van der Waals surface area contributed by atoms with Crippen LogP contribution in [-0.2, 0) is 18.5 Å². The van der Waals surface area contributed by atoms with E-state index in [1.807, 2.05) is 37.4 Å². The lowest BCUT2D eigenvalue weighted by Crippen LogP contribution is -2.49. The molecule has 1 aliphatic rings. The normalized spacial score (nSPS) is 21.3. The first-order chi connectivity index (χ1) is 13.9. The van der Waals surface area contributed by atoms with Gasteiger partial charge in [0.25, 0.3) is 0 Å². The molecular formula is C23H31N5O. The molecule has 2 heterocycles. The largest absolute Gasteiger partial charge is 0.389 e. The van der Waals surface area contributed by atoms with E-state index in [9.17, 15) is 5.11 Å². The van der Waals surface area contributed by atoms with Crippen molar-refractivity contribution in [2.75, 3.05) is 13.1 Å². The number of aliphatic hydroxyl groups is 1. The molecule has 2 unspecified atom stereocenters. The van der Waals surface area contributed by atoms with Crippen LogP contribution in [0.1, 0.15) is 50.2 Å². The van der Waals surface area contributed by atoms with Crippen LogP contribution in [0.5, 0.6) is 0 Å². The predicted octanol–water partition coefficient (Wildman–Crippen LogP) is 3.11. The number of benzene rings is 1. The number of aromatic nitrogens is 3. The van der Waals surface area contributed by atoms with Crippen LogP contribution in [0.4, 0.5) is 0 Å². The van der Waals surface area contributed by atoms with Crippen LogP contribution < -0.4 is 5.73 Å². The van der Waals surface area contributed by atoms with Gasteiger partial charge >= 0.3 is 0 Å². The molecule has 0 spiro atoms. The van der Waals surface area contributed by atoms with E-state index in [2.05, 4.69) is 28.9 Å². The molecule has 0 aliphatic heterocycles. The molecule has 3 aromatic rings. The van der Waals surface area contributed by atoms with Crippen molar-refractivity contribution < 1.29 is 5.11 Å². The maximum atomic E-state index is 10.5. The summed E-state index contributed by atoms with van der Waals surface area (Å²) in [6.45, 7) is 5.71. The predicted molar refractivity (Wildman–Crippen MR) is 115 cm³/mol. The lowest BCUT2D eigenvalue weighted by atomic mass is 9.79. The highest BCUT2D eigenvalue weighted by Gasteiger charge is 2.39. The van der Waals surface area contributed by atoms with E-state index in [1.54, 1.807) is 0 Å². The van der Waals surface area contributed by atoms with E-state index >= 15 is 0 Å². The van der Waals surface area contributed by atoms with Gasteiger partial charge in [-0.1, -0.05) is 18.2 Å². The third-order valence-corrected chi connectivity index (χ3v) is 6.35. The first-order valence-electron chi connectivity index (χ1n) is 10.5.